The molecule has 4 aromatic rings. The molecule has 4 saturated heterocycles. The lowest BCUT2D eigenvalue weighted by Gasteiger charge is -2.34. The van der Waals surface area contributed by atoms with E-state index in [1.54, 1.807) is 12.1 Å². The van der Waals surface area contributed by atoms with E-state index in [-0.39, 0.29) is 29.2 Å². The summed E-state index contributed by atoms with van der Waals surface area (Å²) in [5, 5.41) is 5.00. The van der Waals surface area contributed by atoms with E-state index in [2.05, 4.69) is 25.1 Å². The molecule has 4 aliphatic rings. The van der Waals surface area contributed by atoms with E-state index in [1.807, 2.05) is 24.3 Å². The Morgan fingerprint density at radius 1 is 1.02 bits per heavy atom. The quantitative estimate of drug-likeness (QED) is 0.380. The molecule has 0 saturated carbocycles. The van der Waals surface area contributed by atoms with Crippen LogP contribution in [0.25, 0.3) is 32.9 Å². The molecule has 4 fully saturated rings. The Balaban J connectivity index is 1.25. The van der Waals surface area contributed by atoms with Gasteiger partial charge in [0.2, 0.25) is 5.56 Å². The molecular weight excluding hydrogens is 526 g/mol. The predicted molar refractivity (Wildman–Crippen MR) is 154 cm³/mol. The van der Waals surface area contributed by atoms with Crippen LogP contribution >= 0.6 is 0 Å². The third-order valence-corrected chi connectivity index (χ3v) is 9.55. The van der Waals surface area contributed by atoms with Crippen molar-refractivity contribution in [3.8, 4) is 17.1 Å². The highest BCUT2D eigenvalue weighted by Crippen LogP contribution is 2.41. The summed E-state index contributed by atoms with van der Waals surface area (Å²) < 4.78 is 37.2. The Bertz CT molecular complexity index is 1720. The maximum absolute atomic E-state index is 16.6. The number of aromatic nitrogens is 3. The molecule has 4 aliphatic heterocycles. The largest absolute Gasteiger partial charge is 0.461 e. The second-order valence-corrected chi connectivity index (χ2v) is 12.2. The van der Waals surface area contributed by atoms with Gasteiger partial charge in [-0.1, -0.05) is 24.3 Å². The van der Waals surface area contributed by atoms with Crippen molar-refractivity contribution in [2.75, 3.05) is 37.7 Å². The number of para-hydroxylation sites is 1. The molecule has 6 heterocycles. The number of rotatable bonds is 5. The number of alkyl halides is 1. The van der Waals surface area contributed by atoms with Crippen LogP contribution < -0.4 is 20.5 Å². The smallest absolute Gasteiger partial charge is 0.319 e. The zero-order valence-corrected chi connectivity index (χ0v) is 22.7. The van der Waals surface area contributed by atoms with Crippen LogP contribution in [0, 0.1) is 5.82 Å². The predicted octanol–water partition coefficient (Wildman–Crippen LogP) is 4.17. The van der Waals surface area contributed by atoms with Gasteiger partial charge in [-0.15, -0.1) is 0 Å². The third-order valence-electron chi connectivity index (χ3n) is 9.55. The van der Waals surface area contributed by atoms with Crippen LogP contribution in [0.4, 0.5) is 14.6 Å². The van der Waals surface area contributed by atoms with E-state index >= 15 is 4.39 Å². The van der Waals surface area contributed by atoms with E-state index in [1.165, 1.54) is 6.07 Å². The van der Waals surface area contributed by atoms with Crippen LogP contribution in [0.1, 0.15) is 32.1 Å². The minimum Gasteiger partial charge on any atom is -0.461 e. The zero-order chi connectivity index (χ0) is 27.7. The van der Waals surface area contributed by atoms with Gasteiger partial charge >= 0.3 is 6.01 Å². The number of benzene rings is 2. The number of piperazine rings is 1. The van der Waals surface area contributed by atoms with E-state index < -0.39 is 12.0 Å². The molecular formula is C31H32F2N6O2. The number of hydrogen-bond donors (Lipinski definition) is 2. The molecule has 8 nitrogen and oxygen atoms in total. The van der Waals surface area contributed by atoms with Gasteiger partial charge in [-0.05, 0) is 49.9 Å². The lowest BCUT2D eigenvalue weighted by Crippen LogP contribution is -2.51. The Hall–Kier alpha value is -3.63. The SMILES string of the molecule is O=c1cc(-c2ccc3c(N4CC5CCC(C4)N5)nc(OC[C@@]45CCCN4C[C@H](F)C5)nc3c2F)c2ccccc2[nH]1. The molecule has 2 N–H and O–H groups in total. The molecule has 8 rings (SSSR count). The molecule has 2 unspecified atom stereocenters. The van der Waals surface area contributed by atoms with E-state index in [4.69, 9.17) is 9.72 Å². The first-order valence-electron chi connectivity index (χ1n) is 14.6. The van der Waals surface area contributed by atoms with Gasteiger partial charge in [0.1, 0.15) is 24.1 Å². The van der Waals surface area contributed by atoms with Crippen LogP contribution in [0.2, 0.25) is 0 Å². The molecule has 4 atom stereocenters. The molecule has 41 heavy (non-hydrogen) atoms. The van der Waals surface area contributed by atoms with Crippen molar-refractivity contribution < 1.29 is 13.5 Å². The average molecular weight is 559 g/mol. The van der Waals surface area contributed by atoms with E-state index in [0.29, 0.717) is 52.9 Å². The Kier molecular flexibility index (Phi) is 5.79. The van der Waals surface area contributed by atoms with Gasteiger partial charge in [-0.3, -0.25) is 9.69 Å². The van der Waals surface area contributed by atoms with Gasteiger partial charge < -0.3 is 19.9 Å². The third kappa shape index (κ3) is 4.18. The molecule has 10 heteroatoms. The van der Waals surface area contributed by atoms with Gasteiger partial charge in [0.05, 0.1) is 5.54 Å². The maximum Gasteiger partial charge on any atom is 0.319 e. The summed E-state index contributed by atoms with van der Waals surface area (Å²) in [5.41, 5.74) is 0.940. The molecule has 2 bridgehead atoms. The maximum atomic E-state index is 16.6. The van der Waals surface area contributed by atoms with Gasteiger partial charge in [0.15, 0.2) is 5.82 Å². The lowest BCUT2D eigenvalue weighted by atomic mass is 9.95. The van der Waals surface area contributed by atoms with Gasteiger partial charge in [0.25, 0.3) is 0 Å². The fourth-order valence-corrected chi connectivity index (χ4v) is 7.68. The van der Waals surface area contributed by atoms with Crippen LogP contribution in [-0.2, 0) is 0 Å². The highest BCUT2D eigenvalue weighted by atomic mass is 19.1. The molecule has 0 aliphatic carbocycles. The van der Waals surface area contributed by atoms with Crippen molar-refractivity contribution >= 4 is 27.6 Å². The molecule has 0 spiro atoms. The molecule has 2 aromatic heterocycles. The highest BCUT2D eigenvalue weighted by molar-refractivity contribution is 5.99. The standard InChI is InChI=1S/C31H32F2N6O2/c32-18-13-31(10-3-11-39(31)14-18)17-41-30-36-28-23(29(37-30)38-15-19-6-7-20(16-38)34-19)9-8-22(27(28)33)24-12-26(40)35-25-5-2-1-4-21(24)25/h1-2,4-5,8-9,12,18-20,34H,3,6-7,10-11,13-17H2,(H,35,40)/t18-,19?,20?,31+/m1/s1. The number of aromatic amines is 1. The van der Waals surface area contributed by atoms with Crippen molar-refractivity contribution in [1.29, 1.82) is 0 Å². The van der Waals surface area contributed by atoms with Crippen molar-refractivity contribution in [2.45, 2.75) is 55.9 Å². The second kappa shape index (κ2) is 9.46. The number of ether oxygens (including phenoxy) is 1. The van der Waals surface area contributed by atoms with Crippen LogP contribution in [0.5, 0.6) is 6.01 Å². The van der Waals surface area contributed by atoms with Gasteiger partial charge in [-0.25, -0.2) is 8.78 Å². The number of H-pyrrole nitrogens is 1. The monoisotopic (exact) mass is 558 g/mol. The van der Waals surface area contributed by atoms with Crippen LogP contribution in [0.3, 0.4) is 0 Å². The number of nitrogens with one attached hydrogen (secondary N) is 2. The number of pyridine rings is 1. The fourth-order valence-electron chi connectivity index (χ4n) is 7.68. The first-order valence-corrected chi connectivity index (χ1v) is 14.6. The number of halogens is 2. The normalized spacial score (nSPS) is 27.7. The van der Waals surface area contributed by atoms with Crippen molar-refractivity contribution in [2.24, 2.45) is 0 Å². The van der Waals surface area contributed by atoms with Crippen LogP contribution in [0.15, 0.2) is 47.3 Å². The van der Waals surface area contributed by atoms with Gasteiger partial charge in [0, 0.05) is 66.1 Å². The highest BCUT2D eigenvalue weighted by Gasteiger charge is 2.49. The molecule has 2 aromatic carbocycles. The summed E-state index contributed by atoms with van der Waals surface area (Å²) in [7, 11) is 0. The number of hydrogen-bond acceptors (Lipinski definition) is 7. The van der Waals surface area contributed by atoms with E-state index in [0.717, 1.165) is 50.7 Å². The lowest BCUT2D eigenvalue weighted by molar-refractivity contribution is 0.107. The Labute approximate surface area is 235 Å². The average Bonchev–Trinajstić information content (AvgIpc) is 3.61. The fraction of sp³-hybridized carbons (Fsp3) is 0.452. The van der Waals surface area contributed by atoms with Crippen molar-refractivity contribution in [3.05, 3.63) is 58.6 Å². The zero-order valence-electron chi connectivity index (χ0n) is 22.7. The summed E-state index contributed by atoms with van der Waals surface area (Å²) in [6.07, 6.45) is 3.64. The second-order valence-electron chi connectivity index (χ2n) is 12.2. The number of fused-ring (bicyclic) bond motifs is 5. The van der Waals surface area contributed by atoms with Crippen LogP contribution in [-0.4, -0.2) is 76.4 Å². The topological polar surface area (TPSA) is 86.4 Å². The first kappa shape index (κ1) is 25.1. The summed E-state index contributed by atoms with van der Waals surface area (Å²) in [6.45, 7) is 3.10. The number of anilines is 1. The molecule has 0 radical (unpaired) electrons. The minimum atomic E-state index is -0.868. The van der Waals surface area contributed by atoms with Gasteiger partial charge in [-0.2, -0.15) is 9.97 Å². The van der Waals surface area contributed by atoms with Crippen molar-refractivity contribution in [3.63, 3.8) is 0 Å². The summed E-state index contributed by atoms with van der Waals surface area (Å²) in [5.74, 6) is 0.135. The first-order chi connectivity index (χ1) is 20.0. The van der Waals surface area contributed by atoms with E-state index in [9.17, 15) is 9.18 Å². The molecule has 0 amide bonds. The molecule has 212 valence electrons. The summed E-state index contributed by atoms with van der Waals surface area (Å²) >= 11 is 0. The Morgan fingerprint density at radius 2 is 1.85 bits per heavy atom. The number of nitrogens with zero attached hydrogens (tertiary/aromatic N) is 4. The summed E-state index contributed by atoms with van der Waals surface area (Å²) in [4.78, 5) is 29.2. The van der Waals surface area contributed by atoms with Crippen molar-refractivity contribution in [1.82, 2.24) is 25.2 Å². The summed E-state index contributed by atoms with van der Waals surface area (Å²) in [6, 6.07) is 13.2. The Morgan fingerprint density at radius 3 is 2.71 bits per heavy atom. The minimum absolute atomic E-state index is 0.105.